The second-order valence-corrected chi connectivity index (χ2v) is 8.56. The van der Waals surface area contributed by atoms with Gasteiger partial charge in [-0.15, -0.1) is 0 Å². The SMILES string of the molecule is O=C1Nc2ccc(S(=O)(=O)N3CCCC3COc3ccc(F)cc3)cc2C1=O. The van der Waals surface area contributed by atoms with Gasteiger partial charge in [-0.05, 0) is 55.3 Å². The summed E-state index contributed by atoms with van der Waals surface area (Å²) in [6, 6.07) is 9.18. The monoisotopic (exact) mass is 404 g/mol. The Morgan fingerprint density at radius 3 is 2.64 bits per heavy atom. The molecule has 1 fully saturated rings. The van der Waals surface area contributed by atoms with E-state index in [0.717, 1.165) is 0 Å². The van der Waals surface area contributed by atoms with Gasteiger partial charge in [0.15, 0.2) is 0 Å². The lowest BCUT2D eigenvalue weighted by atomic mass is 10.1. The summed E-state index contributed by atoms with van der Waals surface area (Å²) >= 11 is 0. The van der Waals surface area contributed by atoms with Crippen LogP contribution in [0.5, 0.6) is 5.75 Å². The number of hydrogen-bond donors (Lipinski definition) is 1. The van der Waals surface area contributed by atoms with E-state index >= 15 is 0 Å². The van der Waals surface area contributed by atoms with Crippen molar-refractivity contribution in [2.24, 2.45) is 0 Å². The molecule has 7 nitrogen and oxygen atoms in total. The molecule has 28 heavy (non-hydrogen) atoms. The van der Waals surface area contributed by atoms with Crippen molar-refractivity contribution in [2.45, 2.75) is 23.8 Å². The molecule has 2 heterocycles. The van der Waals surface area contributed by atoms with Gasteiger partial charge < -0.3 is 10.1 Å². The third-order valence-electron chi connectivity index (χ3n) is 4.88. The smallest absolute Gasteiger partial charge is 0.296 e. The average Bonchev–Trinajstić information content (AvgIpc) is 3.26. The number of halogens is 1. The maximum Gasteiger partial charge on any atom is 0.296 e. The highest BCUT2D eigenvalue weighted by Gasteiger charge is 2.37. The number of ketones is 1. The number of amides is 1. The van der Waals surface area contributed by atoms with Crippen molar-refractivity contribution in [1.82, 2.24) is 4.31 Å². The Labute approximate surface area is 161 Å². The number of Topliss-reactive ketones (excluding diaryl/α,β-unsaturated/α-hetero) is 1. The van der Waals surface area contributed by atoms with Gasteiger partial charge in [0.2, 0.25) is 10.0 Å². The van der Waals surface area contributed by atoms with Crippen LogP contribution in [-0.4, -0.2) is 43.6 Å². The molecule has 2 aromatic carbocycles. The van der Waals surface area contributed by atoms with Crippen LogP contribution in [0.1, 0.15) is 23.2 Å². The zero-order valence-corrected chi connectivity index (χ0v) is 15.5. The van der Waals surface area contributed by atoms with Gasteiger partial charge in [-0.1, -0.05) is 0 Å². The second kappa shape index (κ2) is 6.99. The number of benzene rings is 2. The fourth-order valence-corrected chi connectivity index (χ4v) is 5.14. The molecule has 1 amide bonds. The standard InChI is InChI=1S/C19H17FN2O5S/c20-12-3-5-14(6-4-12)27-11-13-2-1-9-22(13)28(25,26)15-7-8-17-16(10-15)18(23)19(24)21-17/h3-8,10,13H,1-2,9,11H2,(H,21,23,24). The van der Waals surface area contributed by atoms with Gasteiger partial charge in [0.1, 0.15) is 18.2 Å². The second-order valence-electron chi connectivity index (χ2n) is 6.67. The van der Waals surface area contributed by atoms with Crippen LogP contribution < -0.4 is 10.1 Å². The molecule has 0 radical (unpaired) electrons. The number of carbonyl (C=O) groups is 2. The number of hydrogen-bond acceptors (Lipinski definition) is 5. The molecule has 0 bridgehead atoms. The summed E-state index contributed by atoms with van der Waals surface area (Å²) in [4.78, 5) is 23.3. The fourth-order valence-electron chi connectivity index (χ4n) is 3.43. The summed E-state index contributed by atoms with van der Waals surface area (Å²) < 4.78 is 46.2. The molecular formula is C19H17FN2O5S. The third-order valence-corrected chi connectivity index (χ3v) is 6.82. The van der Waals surface area contributed by atoms with E-state index in [1.54, 1.807) is 0 Å². The van der Waals surface area contributed by atoms with Gasteiger partial charge in [0.05, 0.1) is 22.2 Å². The van der Waals surface area contributed by atoms with Gasteiger partial charge in [-0.2, -0.15) is 4.31 Å². The molecule has 9 heteroatoms. The van der Waals surface area contributed by atoms with Gasteiger partial charge in [0.25, 0.3) is 11.7 Å². The van der Waals surface area contributed by atoms with Crippen LogP contribution in [0, 0.1) is 5.82 Å². The molecule has 0 spiro atoms. The summed E-state index contributed by atoms with van der Waals surface area (Å²) in [5, 5.41) is 2.40. The van der Waals surface area contributed by atoms with Crippen molar-refractivity contribution in [3.8, 4) is 5.75 Å². The third kappa shape index (κ3) is 3.27. The minimum Gasteiger partial charge on any atom is -0.492 e. The largest absolute Gasteiger partial charge is 0.492 e. The minimum absolute atomic E-state index is 0.0372. The van der Waals surface area contributed by atoms with Crippen molar-refractivity contribution >= 4 is 27.4 Å². The zero-order valence-electron chi connectivity index (χ0n) is 14.7. The highest BCUT2D eigenvalue weighted by Crippen LogP contribution is 2.31. The summed E-state index contributed by atoms with van der Waals surface area (Å²) in [5.41, 5.74) is 0.371. The minimum atomic E-state index is -3.86. The predicted octanol–water partition coefficient (Wildman–Crippen LogP) is 2.19. The van der Waals surface area contributed by atoms with Crippen molar-refractivity contribution in [2.75, 3.05) is 18.5 Å². The number of carbonyl (C=O) groups excluding carboxylic acids is 2. The number of fused-ring (bicyclic) bond motifs is 1. The Balaban J connectivity index is 1.54. The fraction of sp³-hybridized carbons (Fsp3) is 0.263. The first-order valence-corrected chi connectivity index (χ1v) is 10.2. The Bertz CT molecular complexity index is 1050. The maximum absolute atomic E-state index is 13.1. The Morgan fingerprint density at radius 2 is 1.89 bits per heavy atom. The Kier molecular flexibility index (Phi) is 4.64. The van der Waals surface area contributed by atoms with Crippen LogP contribution in [0.3, 0.4) is 0 Å². The molecule has 0 aromatic heterocycles. The summed E-state index contributed by atoms with van der Waals surface area (Å²) in [6.45, 7) is 0.469. The number of rotatable bonds is 5. The molecular weight excluding hydrogens is 387 g/mol. The molecule has 1 unspecified atom stereocenters. The topological polar surface area (TPSA) is 92.8 Å². The number of sulfonamides is 1. The molecule has 2 aliphatic rings. The quantitative estimate of drug-likeness (QED) is 0.772. The van der Waals surface area contributed by atoms with E-state index in [1.165, 1.54) is 46.8 Å². The molecule has 146 valence electrons. The van der Waals surface area contributed by atoms with E-state index in [9.17, 15) is 22.4 Å². The van der Waals surface area contributed by atoms with E-state index in [-0.39, 0.29) is 28.9 Å². The first-order valence-electron chi connectivity index (χ1n) is 8.76. The van der Waals surface area contributed by atoms with Crippen molar-refractivity contribution in [1.29, 1.82) is 0 Å². The van der Waals surface area contributed by atoms with Crippen LogP contribution in [0.15, 0.2) is 47.4 Å². The summed E-state index contributed by atoms with van der Waals surface area (Å²) in [7, 11) is -3.86. The lowest BCUT2D eigenvalue weighted by Gasteiger charge is -2.24. The molecule has 1 saturated heterocycles. The first kappa shape index (κ1) is 18.6. The van der Waals surface area contributed by atoms with Gasteiger partial charge >= 0.3 is 0 Å². The van der Waals surface area contributed by atoms with Crippen LogP contribution in [-0.2, 0) is 14.8 Å². The summed E-state index contributed by atoms with van der Waals surface area (Å²) in [5.74, 6) is -1.43. The molecule has 1 N–H and O–H groups in total. The van der Waals surface area contributed by atoms with Gasteiger partial charge in [0, 0.05) is 6.54 Å². The van der Waals surface area contributed by atoms with Crippen LogP contribution >= 0.6 is 0 Å². The molecule has 4 rings (SSSR count). The van der Waals surface area contributed by atoms with Crippen LogP contribution in [0.25, 0.3) is 0 Å². The van der Waals surface area contributed by atoms with E-state index in [2.05, 4.69) is 5.32 Å². The lowest BCUT2D eigenvalue weighted by molar-refractivity contribution is -0.112. The van der Waals surface area contributed by atoms with Gasteiger partial charge in [-0.25, -0.2) is 12.8 Å². The van der Waals surface area contributed by atoms with Crippen molar-refractivity contribution < 1.29 is 27.1 Å². The normalized spacial score (nSPS) is 19.5. The molecule has 0 saturated carbocycles. The zero-order chi connectivity index (χ0) is 19.9. The predicted molar refractivity (Wildman–Crippen MR) is 98.2 cm³/mol. The highest BCUT2D eigenvalue weighted by molar-refractivity contribution is 7.89. The molecule has 0 aliphatic carbocycles. The highest BCUT2D eigenvalue weighted by atomic mass is 32.2. The number of nitrogens with one attached hydrogen (secondary N) is 1. The molecule has 1 atom stereocenters. The maximum atomic E-state index is 13.1. The van der Waals surface area contributed by atoms with E-state index in [4.69, 9.17) is 4.74 Å². The first-order chi connectivity index (χ1) is 13.4. The van der Waals surface area contributed by atoms with E-state index in [0.29, 0.717) is 30.8 Å². The summed E-state index contributed by atoms with van der Waals surface area (Å²) in [6.07, 6.45) is 1.31. The Hall–Kier alpha value is -2.78. The Morgan fingerprint density at radius 1 is 1.14 bits per heavy atom. The molecule has 2 aliphatic heterocycles. The van der Waals surface area contributed by atoms with Crippen LogP contribution in [0.4, 0.5) is 10.1 Å². The van der Waals surface area contributed by atoms with Crippen LogP contribution in [0.2, 0.25) is 0 Å². The number of ether oxygens (including phenoxy) is 1. The van der Waals surface area contributed by atoms with Gasteiger partial charge in [-0.3, -0.25) is 9.59 Å². The van der Waals surface area contributed by atoms with E-state index < -0.39 is 21.7 Å². The average molecular weight is 404 g/mol. The van der Waals surface area contributed by atoms with E-state index in [1.807, 2.05) is 0 Å². The van der Waals surface area contributed by atoms with Crippen molar-refractivity contribution in [3.05, 3.63) is 53.8 Å². The van der Waals surface area contributed by atoms with Crippen molar-refractivity contribution in [3.63, 3.8) is 0 Å². The lowest BCUT2D eigenvalue weighted by Crippen LogP contribution is -2.39. The number of nitrogens with zero attached hydrogens (tertiary/aromatic N) is 1. The number of anilines is 1. The molecule has 2 aromatic rings.